The van der Waals surface area contributed by atoms with E-state index < -0.39 is 21.1 Å². The first-order valence-corrected chi connectivity index (χ1v) is 6.41. The highest BCUT2D eigenvalue weighted by atomic mass is 32.2. The van der Waals surface area contributed by atoms with Crippen LogP contribution in [0.5, 0.6) is 0 Å². The van der Waals surface area contributed by atoms with Gasteiger partial charge in [0.25, 0.3) is 0 Å². The second-order valence-electron chi connectivity index (χ2n) is 3.77. The van der Waals surface area contributed by atoms with Crippen molar-refractivity contribution in [3.8, 4) is 0 Å². The SMILES string of the molecule is Cc1ccc(S(=O)(=O)[C@H](C)CC(=O)O)cc1. The highest BCUT2D eigenvalue weighted by Gasteiger charge is 2.25. The molecule has 0 aliphatic carbocycles. The number of benzene rings is 1. The third-order valence-electron chi connectivity index (χ3n) is 2.34. The zero-order valence-electron chi connectivity index (χ0n) is 9.17. The lowest BCUT2D eigenvalue weighted by molar-refractivity contribution is -0.136. The van der Waals surface area contributed by atoms with Crippen molar-refractivity contribution in [2.75, 3.05) is 0 Å². The Balaban J connectivity index is 3.02. The maximum atomic E-state index is 11.9. The number of hydrogen-bond donors (Lipinski definition) is 1. The van der Waals surface area contributed by atoms with E-state index >= 15 is 0 Å². The van der Waals surface area contributed by atoms with E-state index in [2.05, 4.69) is 0 Å². The van der Waals surface area contributed by atoms with Crippen LogP contribution in [0.25, 0.3) is 0 Å². The fourth-order valence-electron chi connectivity index (χ4n) is 1.32. The molecule has 0 amide bonds. The number of hydrogen-bond acceptors (Lipinski definition) is 3. The molecule has 0 bridgehead atoms. The van der Waals surface area contributed by atoms with Gasteiger partial charge in [-0.3, -0.25) is 4.79 Å². The smallest absolute Gasteiger partial charge is 0.304 e. The van der Waals surface area contributed by atoms with Crippen LogP contribution < -0.4 is 0 Å². The minimum absolute atomic E-state index is 0.173. The van der Waals surface area contributed by atoms with Crippen LogP contribution in [0.3, 0.4) is 0 Å². The molecule has 0 aromatic heterocycles. The largest absolute Gasteiger partial charge is 0.481 e. The molecule has 0 aliphatic rings. The second kappa shape index (κ2) is 4.65. The van der Waals surface area contributed by atoms with Gasteiger partial charge in [-0.15, -0.1) is 0 Å². The van der Waals surface area contributed by atoms with Crippen LogP contribution in [0.2, 0.25) is 0 Å². The van der Waals surface area contributed by atoms with Crippen molar-refractivity contribution >= 4 is 15.8 Å². The first-order chi connectivity index (χ1) is 7.34. The zero-order valence-corrected chi connectivity index (χ0v) is 9.99. The van der Waals surface area contributed by atoms with Crippen LogP contribution in [0.4, 0.5) is 0 Å². The lowest BCUT2D eigenvalue weighted by Gasteiger charge is -2.10. The quantitative estimate of drug-likeness (QED) is 0.871. The van der Waals surface area contributed by atoms with Crippen LogP contribution >= 0.6 is 0 Å². The number of carboxylic acids is 1. The molecule has 4 nitrogen and oxygen atoms in total. The summed E-state index contributed by atoms with van der Waals surface area (Å²) in [6, 6.07) is 6.40. The molecule has 16 heavy (non-hydrogen) atoms. The lowest BCUT2D eigenvalue weighted by Crippen LogP contribution is -2.21. The number of aryl methyl sites for hydroxylation is 1. The van der Waals surface area contributed by atoms with Gasteiger partial charge in [0.05, 0.1) is 16.6 Å². The van der Waals surface area contributed by atoms with Crippen molar-refractivity contribution in [3.63, 3.8) is 0 Å². The fraction of sp³-hybridized carbons (Fsp3) is 0.364. The summed E-state index contributed by atoms with van der Waals surface area (Å²) in [5, 5.41) is 7.66. The summed E-state index contributed by atoms with van der Waals surface area (Å²) in [5.74, 6) is -1.11. The third-order valence-corrected chi connectivity index (χ3v) is 4.50. The molecule has 0 unspecified atom stereocenters. The monoisotopic (exact) mass is 242 g/mol. The zero-order chi connectivity index (χ0) is 12.3. The lowest BCUT2D eigenvalue weighted by atomic mass is 10.2. The maximum Gasteiger partial charge on any atom is 0.304 e. The van der Waals surface area contributed by atoms with E-state index in [1.807, 2.05) is 6.92 Å². The Morgan fingerprint density at radius 1 is 1.31 bits per heavy atom. The highest BCUT2D eigenvalue weighted by Crippen LogP contribution is 2.18. The van der Waals surface area contributed by atoms with E-state index in [-0.39, 0.29) is 11.3 Å². The summed E-state index contributed by atoms with van der Waals surface area (Å²) >= 11 is 0. The molecule has 5 heteroatoms. The molecule has 0 saturated heterocycles. The second-order valence-corrected chi connectivity index (χ2v) is 6.13. The fourth-order valence-corrected chi connectivity index (χ4v) is 2.66. The van der Waals surface area contributed by atoms with Crippen molar-refractivity contribution < 1.29 is 18.3 Å². The molecule has 0 fully saturated rings. The Kier molecular flexibility index (Phi) is 3.70. The van der Waals surface area contributed by atoms with Crippen molar-refractivity contribution in [3.05, 3.63) is 29.8 Å². The van der Waals surface area contributed by atoms with Gasteiger partial charge in [-0.05, 0) is 26.0 Å². The van der Waals surface area contributed by atoms with Gasteiger partial charge in [-0.1, -0.05) is 17.7 Å². The van der Waals surface area contributed by atoms with E-state index in [9.17, 15) is 13.2 Å². The summed E-state index contributed by atoms with van der Waals surface area (Å²) in [4.78, 5) is 10.7. The first kappa shape index (κ1) is 12.7. The maximum absolute atomic E-state index is 11.9. The van der Waals surface area contributed by atoms with Crippen LogP contribution in [0.15, 0.2) is 29.2 Å². The highest BCUT2D eigenvalue weighted by molar-refractivity contribution is 7.92. The predicted octanol–water partition coefficient (Wildman–Crippen LogP) is 1.63. The van der Waals surface area contributed by atoms with Gasteiger partial charge in [0.2, 0.25) is 0 Å². The van der Waals surface area contributed by atoms with Gasteiger partial charge in [0.1, 0.15) is 0 Å². The molecule has 0 spiro atoms. The average Bonchev–Trinajstić information content (AvgIpc) is 2.17. The van der Waals surface area contributed by atoms with Crippen LogP contribution in [-0.2, 0) is 14.6 Å². The van der Waals surface area contributed by atoms with E-state index in [1.54, 1.807) is 12.1 Å². The van der Waals surface area contributed by atoms with Gasteiger partial charge < -0.3 is 5.11 Å². The third kappa shape index (κ3) is 2.82. The Morgan fingerprint density at radius 3 is 2.25 bits per heavy atom. The predicted molar refractivity (Wildman–Crippen MR) is 60.1 cm³/mol. The van der Waals surface area contributed by atoms with E-state index in [0.717, 1.165) is 5.56 Å². The molecule has 0 radical (unpaired) electrons. The van der Waals surface area contributed by atoms with Crippen LogP contribution in [0, 0.1) is 6.92 Å². The molecule has 0 aliphatic heterocycles. The van der Waals surface area contributed by atoms with Gasteiger partial charge in [0, 0.05) is 0 Å². The molecular weight excluding hydrogens is 228 g/mol. The van der Waals surface area contributed by atoms with Gasteiger partial charge in [0.15, 0.2) is 9.84 Å². The summed E-state index contributed by atoms with van der Waals surface area (Å²) in [6.45, 7) is 3.26. The standard InChI is InChI=1S/C11H14O4S/c1-8-3-5-10(6-4-8)16(14,15)9(2)7-11(12)13/h3-6,9H,7H2,1-2H3,(H,12,13)/t9-/m1/s1. The minimum Gasteiger partial charge on any atom is -0.481 e. The van der Waals surface area contributed by atoms with E-state index in [0.29, 0.717) is 0 Å². The Morgan fingerprint density at radius 2 is 1.81 bits per heavy atom. The minimum atomic E-state index is -3.53. The number of aliphatic carboxylic acids is 1. The van der Waals surface area contributed by atoms with E-state index in [4.69, 9.17) is 5.11 Å². The summed E-state index contributed by atoms with van der Waals surface area (Å²) in [5.41, 5.74) is 0.963. The molecule has 1 N–H and O–H groups in total. The van der Waals surface area contributed by atoms with E-state index in [1.165, 1.54) is 19.1 Å². The normalized spacial score (nSPS) is 13.4. The first-order valence-electron chi connectivity index (χ1n) is 4.86. The van der Waals surface area contributed by atoms with Gasteiger partial charge in [-0.2, -0.15) is 0 Å². The summed E-state index contributed by atoms with van der Waals surface area (Å²) in [7, 11) is -3.53. The number of carboxylic acid groups (broad SMARTS) is 1. The van der Waals surface area contributed by atoms with Crippen molar-refractivity contribution in [2.24, 2.45) is 0 Å². The summed E-state index contributed by atoms with van der Waals surface area (Å²) < 4.78 is 23.8. The van der Waals surface area contributed by atoms with Crippen LogP contribution in [-0.4, -0.2) is 24.7 Å². The number of rotatable bonds is 4. The molecule has 0 saturated carbocycles. The molecule has 88 valence electrons. The Bertz CT molecular complexity index is 473. The van der Waals surface area contributed by atoms with Crippen molar-refractivity contribution in [1.29, 1.82) is 0 Å². The molecule has 1 rings (SSSR count). The Hall–Kier alpha value is -1.36. The molecule has 1 aromatic carbocycles. The Labute approximate surface area is 94.8 Å². The molecule has 1 aromatic rings. The van der Waals surface area contributed by atoms with Crippen molar-refractivity contribution in [1.82, 2.24) is 0 Å². The van der Waals surface area contributed by atoms with Gasteiger partial charge in [-0.25, -0.2) is 8.42 Å². The molecule has 0 heterocycles. The number of sulfone groups is 1. The number of carbonyl (C=O) groups is 1. The molecule has 1 atom stereocenters. The summed E-state index contributed by atoms with van der Waals surface area (Å²) in [6.07, 6.45) is -0.379. The van der Waals surface area contributed by atoms with Crippen LogP contribution in [0.1, 0.15) is 18.9 Å². The topological polar surface area (TPSA) is 71.4 Å². The van der Waals surface area contributed by atoms with Crippen molar-refractivity contribution in [2.45, 2.75) is 30.4 Å². The molecular formula is C11H14O4S. The van der Waals surface area contributed by atoms with Gasteiger partial charge >= 0.3 is 5.97 Å². The average molecular weight is 242 g/mol.